The number of fused-ring (bicyclic) bond motifs is 1. The predicted molar refractivity (Wildman–Crippen MR) is 80.1 cm³/mol. The summed E-state index contributed by atoms with van der Waals surface area (Å²) in [6.07, 6.45) is 5.28. The third-order valence-electron chi connectivity index (χ3n) is 4.18. The number of benzene rings is 1. The summed E-state index contributed by atoms with van der Waals surface area (Å²) in [5.74, 6) is 0.828. The van der Waals surface area contributed by atoms with Crippen LogP contribution in [-0.4, -0.2) is 47.3 Å². The highest BCUT2D eigenvalue weighted by Crippen LogP contribution is 2.25. The average molecular weight is 274 g/mol. The standard InChI is InChI=1S/C16H22N2O2/c1-18(12-4-2-5-12)10-13(19)11-20-16-7-3-6-15-14(16)8-9-17-15/h3,6-9,12-13,17,19H,2,4-5,10-11H2,1H3. The second kappa shape index (κ2) is 5.85. The van der Waals surface area contributed by atoms with Crippen molar-refractivity contribution in [1.82, 2.24) is 9.88 Å². The molecule has 3 rings (SSSR count). The molecular weight excluding hydrogens is 252 g/mol. The molecule has 1 heterocycles. The van der Waals surface area contributed by atoms with Crippen LogP contribution in [0.5, 0.6) is 5.75 Å². The van der Waals surface area contributed by atoms with Crippen molar-refractivity contribution in [3.8, 4) is 5.75 Å². The predicted octanol–water partition coefficient (Wildman–Crippen LogP) is 2.39. The molecule has 1 atom stereocenters. The van der Waals surface area contributed by atoms with Crippen molar-refractivity contribution in [3.05, 3.63) is 30.5 Å². The molecule has 4 nitrogen and oxygen atoms in total. The summed E-state index contributed by atoms with van der Waals surface area (Å²) >= 11 is 0. The molecule has 1 aliphatic rings. The normalized spacial score (nSPS) is 17.4. The Morgan fingerprint density at radius 3 is 3.00 bits per heavy atom. The minimum absolute atomic E-state index is 0.335. The van der Waals surface area contributed by atoms with Gasteiger partial charge in [-0.15, -0.1) is 0 Å². The lowest BCUT2D eigenvalue weighted by Crippen LogP contribution is -2.42. The smallest absolute Gasteiger partial charge is 0.128 e. The highest BCUT2D eigenvalue weighted by atomic mass is 16.5. The Bertz CT molecular complexity index is 562. The van der Waals surface area contributed by atoms with Crippen molar-refractivity contribution in [1.29, 1.82) is 0 Å². The molecule has 2 N–H and O–H groups in total. The van der Waals surface area contributed by atoms with Crippen LogP contribution in [0.25, 0.3) is 10.9 Å². The molecule has 1 fully saturated rings. The van der Waals surface area contributed by atoms with Gasteiger partial charge >= 0.3 is 0 Å². The van der Waals surface area contributed by atoms with E-state index in [2.05, 4.69) is 16.9 Å². The molecule has 1 saturated carbocycles. The number of hydrogen-bond acceptors (Lipinski definition) is 3. The van der Waals surface area contributed by atoms with E-state index in [1.165, 1.54) is 19.3 Å². The molecule has 0 spiro atoms. The molecule has 1 aromatic heterocycles. The average Bonchev–Trinajstić information content (AvgIpc) is 2.82. The van der Waals surface area contributed by atoms with Gasteiger partial charge in [0.1, 0.15) is 18.5 Å². The Morgan fingerprint density at radius 2 is 2.25 bits per heavy atom. The first-order valence-corrected chi connectivity index (χ1v) is 7.31. The Balaban J connectivity index is 1.54. The van der Waals surface area contributed by atoms with Crippen molar-refractivity contribution in [2.75, 3.05) is 20.2 Å². The Labute approximate surface area is 119 Å². The summed E-state index contributed by atoms with van der Waals surface area (Å²) in [4.78, 5) is 5.40. The highest BCUT2D eigenvalue weighted by Gasteiger charge is 2.23. The first kappa shape index (κ1) is 13.5. The lowest BCUT2D eigenvalue weighted by atomic mass is 9.92. The van der Waals surface area contributed by atoms with Crippen LogP contribution in [0, 0.1) is 0 Å². The number of hydrogen-bond donors (Lipinski definition) is 2. The third-order valence-corrected chi connectivity index (χ3v) is 4.18. The molecule has 1 unspecified atom stereocenters. The zero-order chi connectivity index (χ0) is 13.9. The third kappa shape index (κ3) is 2.81. The Morgan fingerprint density at radius 1 is 1.40 bits per heavy atom. The van der Waals surface area contributed by atoms with Crippen molar-refractivity contribution >= 4 is 10.9 Å². The van der Waals surface area contributed by atoms with Gasteiger partial charge in [0.2, 0.25) is 0 Å². The number of aromatic nitrogens is 1. The summed E-state index contributed by atoms with van der Waals surface area (Å²) in [6.45, 7) is 1.01. The van der Waals surface area contributed by atoms with Crippen LogP contribution in [0.1, 0.15) is 19.3 Å². The number of rotatable bonds is 6. The fourth-order valence-corrected chi connectivity index (χ4v) is 2.73. The fraction of sp³-hybridized carbons (Fsp3) is 0.500. The maximum Gasteiger partial charge on any atom is 0.128 e. The molecule has 20 heavy (non-hydrogen) atoms. The number of aliphatic hydroxyl groups excluding tert-OH is 1. The zero-order valence-corrected chi connectivity index (χ0v) is 11.9. The SMILES string of the molecule is CN(CC(O)COc1cccc2[nH]ccc12)C1CCC1. The lowest BCUT2D eigenvalue weighted by Gasteiger charge is -2.35. The Kier molecular flexibility index (Phi) is 3.94. The number of nitrogens with one attached hydrogen (secondary N) is 1. The maximum absolute atomic E-state index is 10.1. The molecule has 0 saturated heterocycles. The molecule has 2 aromatic rings. The summed E-state index contributed by atoms with van der Waals surface area (Å²) in [7, 11) is 2.08. The summed E-state index contributed by atoms with van der Waals surface area (Å²) < 4.78 is 5.78. The molecular formula is C16H22N2O2. The van der Waals surface area contributed by atoms with Crippen LogP contribution >= 0.6 is 0 Å². The maximum atomic E-state index is 10.1. The largest absolute Gasteiger partial charge is 0.490 e. The van der Waals surface area contributed by atoms with Crippen LogP contribution < -0.4 is 4.74 Å². The number of aliphatic hydroxyl groups is 1. The molecule has 0 radical (unpaired) electrons. The molecule has 4 heteroatoms. The van der Waals surface area contributed by atoms with Gasteiger partial charge in [0.25, 0.3) is 0 Å². The fourth-order valence-electron chi connectivity index (χ4n) is 2.73. The van der Waals surface area contributed by atoms with Gasteiger partial charge in [0.15, 0.2) is 0 Å². The van der Waals surface area contributed by atoms with E-state index in [1.807, 2.05) is 30.5 Å². The molecule has 0 bridgehead atoms. The van der Waals surface area contributed by atoms with Gasteiger partial charge in [-0.3, -0.25) is 0 Å². The van der Waals surface area contributed by atoms with Crippen molar-refractivity contribution in [2.24, 2.45) is 0 Å². The van der Waals surface area contributed by atoms with Crippen molar-refractivity contribution < 1.29 is 9.84 Å². The first-order valence-electron chi connectivity index (χ1n) is 7.31. The molecule has 0 amide bonds. The van der Waals surface area contributed by atoms with E-state index in [1.54, 1.807) is 0 Å². The zero-order valence-electron chi connectivity index (χ0n) is 11.9. The minimum atomic E-state index is -0.449. The summed E-state index contributed by atoms with van der Waals surface area (Å²) in [6, 6.07) is 8.57. The van der Waals surface area contributed by atoms with E-state index in [4.69, 9.17) is 4.74 Å². The lowest BCUT2D eigenvalue weighted by molar-refractivity contribution is 0.0480. The van der Waals surface area contributed by atoms with E-state index in [0.29, 0.717) is 19.2 Å². The second-order valence-electron chi connectivity index (χ2n) is 5.68. The van der Waals surface area contributed by atoms with Gasteiger partial charge in [-0.05, 0) is 38.1 Å². The monoisotopic (exact) mass is 274 g/mol. The second-order valence-corrected chi connectivity index (χ2v) is 5.68. The van der Waals surface area contributed by atoms with Gasteiger partial charge in [0, 0.05) is 29.7 Å². The quantitative estimate of drug-likeness (QED) is 0.850. The van der Waals surface area contributed by atoms with Crippen molar-refractivity contribution in [3.63, 3.8) is 0 Å². The van der Waals surface area contributed by atoms with E-state index < -0.39 is 6.10 Å². The number of nitrogens with zero attached hydrogens (tertiary/aromatic N) is 1. The van der Waals surface area contributed by atoms with Gasteiger partial charge < -0.3 is 19.7 Å². The van der Waals surface area contributed by atoms with Gasteiger partial charge in [-0.2, -0.15) is 0 Å². The van der Waals surface area contributed by atoms with Gasteiger partial charge in [0.05, 0.1) is 0 Å². The van der Waals surface area contributed by atoms with E-state index in [9.17, 15) is 5.11 Å². The molecule has 108 valence electrons. The topological polar surface area (TPSA) is 48.5 Å². The van der Waals surface area contributed by atoms with Crippen LogP contribution in [0.4, 0.5) is 0 Å². The van der Waals surface area contributed by atoms with Gasteiger partial charge in [-0.1, -0.05) is 12.5 Å². The number of likely N-dealkylation sites (N-methyl/N-ethyl adjacent to an activating group) is 1. The summed E-state index contributed by atoms with van der Waals surface area (Å²) in [5.41, 5.74) is 1.06. The van der Waals surface area contributed by atoms with Gasteiger partial charge in [-0.25, -0.2) is 0 Å². The molecule has 1 aliphatic carbocycles. The Hall–Kier alpha value is -1.52. The number of ether oxygens (including phenoxy) is 1. The van der Waals surface area contributed by atoms with E-state index >= 15 is 0 Å². The van der Waals surface area contributed by atoms with Crippen LogP contribution in [0.15, 0.2) is 30.5 Å². The summed E-state index contributed by atoms with van der Waals surface area (Å²) in [5, 5.41) is 11.2. The molecule has 1 aromatic carbocycles. The van der Waals surface area contributed by atoms with Crippen LogP contribution in [0.2, 0.25) is 0 Å². The van der Waals surface area contributed by atoms with E-state index in [0.717, 1.165) is 16.7 Å². The van der Waals surface area contributed by atoms with E-state index in [-0.39, 0.29) is 0 Å². The molecule has 0 aliphatic heterocycles. The number of H-pyrrole nitrogens is 1. The minimum Gasteiger partial charge on any atom is -0.490 e. The highest BCUT2D eigenvalue weighted by molar-refractivity contribution is 5.85. The first-order chi connectivity index (χ1) is 9.74. The van der Waals surface area contributed by atoms with Crippen LogP contribution in [-0.2, 0) is 0 Å². The number of aromatic amines is 1. The van der Waals surface area contributed by atoms with Crippen LogP contribution in [0.3, 0.4) is 0 Å². The van der Waals surface area contributed by atoms with Crippen molar-refractivity contribution in [2.45, 2.75) is 31.4 Å².